The van der Waals surface area contributed by atoms with Crippen molar-refractivity contribution >= 4 is 27.3 Å². The molecule has 1 aromatic heterocycles. The molecule has 6 heteroatoms. The minimum atomic E-state index is -3.91. The van der Waals surface area contributed by atoms with Crippen LogP contribution >= 0.6 is 0 Å². The highest BCUT2D eigenvalue weighted by Crippen LogP contribution is 2.35. The number of aldehydes is 1. The number of fused-ring (bicyclic) bond motifs is 1. The maximum absolute atomic E-state index is 11.6. The van der Waals surface area contributed by atoms with Crippen LogP contribution in [0.25, 0.3) is 22.1 Å². The minimum absolute atomic E-state index is 0.113. The van der Waals surface area contributed by atoms with Gasteiger partial charge in [-0.1, -0.05) is 24.3 Å². The van der Waals surface area contributed by atoms with E-state index in [9.17, 15) is 13.2 Å². The van der Waals surface area contributed by atoms with Crippen molar-refractivity contribution in [3.63, 3.8) is 0 Å². The monoisotopic (exact) mass is 315 g/mol. The first kappa shape index (κ1) is 14.5. The van der Waals surface area contributed by atoms with Crippen LogP contribution < -0.4 is 5.14 Å². The third kappa shape index (κ3) is 2.32. The number of aryl methyl sites for hydroxylation is 1. The number of carbonyl (C=O) groups is 1. The van der Waals surface area contributed by atoms with Crippen LogP contribution in [-0.4, -0.2) is 14.7 Å². The molecular formula is C16H13NO4S. The third-order valence-electron chi connectivity index (χ3n) is 3.57. The quantitative estimate of drug-likeness (QED) is 0.752. The van der Waals surface area contributed by atoms with E-state index in [4.69, 9.17) is 9.56 Å². The molecule has 1 heterocycles. The van der Waals surface area contributed by atoms with Crippen molar-refractivity contribution in [1.82, 2.24) is 0 Å². The standard InChI is InChI=1S/C16H13NO4S/c1-10-4-2-3-5-13(10)15-9-21-16-11(8-18)6-12(7-14(15)16)22(17,19)20/h2-9H,1H3,(H2,17,19,20). The summed E-state index contributed by atoms with van der Waals surface area (Å²) in [6.07, 6.45) is 2.08. The van der Waals surface area contributed by atoms with Gasteiger partial charge in [0.25, 0.3) is 0 Å². The summed E-state index contributed by atoms with van der Waals surface area (Å²) in [6, 6.07) is 10.3. The Morgan fingerprint density at radius 1 is 1.14 bits per heavy atom. The zero-order valence-corrected chi connectivity index (χ0v) is 12.6. The molecule has 0 aliphatic carbocycles. The molecule has 3 aromatic rings. The van der Waals surface area contributed by atoms with E-state index in [1.54, 1.807) is 0 Å². The van der Waals surface area contributed by atoms with Crippen LogP contribution in [0.4, 0.5) is 0 Å². The Hall–Kier alpha value is -2.44. The van der Waals surface area contributed by atoms with Gasteiger partial charge in [-0.15, -0.1) is 0 Å². The smallest absolute Gasteiger partial charge is 0.238 e. The van der Waals surface area contributed by atoms with Gasteiger partial charge in [0.05, 0.1) is 16.7 Å². The molecule has 0 unspecified atom stereocenters. The van der Waals surface area contributed by atoms with E-state index < -0.39 is 10.0 Å². The lowest BCUT2D eigenvalue weighted by Crippen LogP contribution is -2.12. The van der Waals surface area contributed by atoms with Gasteiger partial charge in [-0.05, 0) is 30.2 Å². The maximum Gasteiger partial charge on any atom is 0.238 e. The maximum atomic E-state index is 11.6. The van der Waals surface area contributed by atoms with E-state index in [0.717, 1.165) is 16.7 Å². The molecule has 0 aliphatic rings. The average molecular weight is 315 g/mol. The first-order chi connectivity index (χ1) is 10.4. The summed E-state index contributed by atoms with van der Waals surface area (Å²) in [5, 5.41) is 5.73. The SMILES string of the molecule is Cc1ccccc1-c1coc2c(C=O)cc(S(N)(=O)=O)cc12. The van der Waals surface area contributed by atoms with Crippen LogP contribution in [0.3, 0.4) is 0 Å². The Labute approximate surface area is 127 Å². The molecule has 2 N–H and O–H groups in total. The largest absolute Gasteiger partial charge is 0.463 e. The molecule has 0 amide bonds. The highest BCUT2D eigenvalue weighted by atomic mass is 32.2. The Morgan fingerprint density at radius 2 is 1.86 bits per heavy atom. The van der Waals surface area contributed by atoms with E-state index in [-0.39, 0.29) is 10.5 Å². The van der Waals surface area contributed by atoms with Gasteiger partial charge in [-0.2, -0.15) is 0 Å². The highest BCUT2D eigenvalue weighted by molar-refractivity contribution is 7.89. The fourth-order valence-electron chi connectivity index (χ4n) is 2.47. The van der Waals surface area contributed by atoms with Crippen molar-refractivity contribution in [2.45, 2.75) is 11.8 Å². The van der Waals surface area contributed by atoms with Crippen LogP contribution in [-0.2, 0) is 10.0 Å². The van der Waals surface area contributed by atoms with Gasteiger partial charge in [0.15, 0.2) is 6.29 Å². The third-order valence-corrected chi connectivity index (χ3v) is 4.46. The van der Waals surface area contributed by atoms with Gasteiger partial charge in [-0.25, -0.2) is 13.6 Å². The lowest BCUT2D eigenvalue weighted by molar-refractivity contribution is 0.112. The Kier molecular flexibility index (Phi) is 3.35. The summed E-state index contributed by atoms with van der Waals surface area (Å²) in [5.41, 5.74) is 3.15. The zero-order valence-electron chi connectivity index (χ0n) is 11.7. The molecule has 3 rings (SSSR count). The number of benzene rings is 2. The second-order valence-corrected chi connectivity index (χ2v) is 6.58. The zero-order chi connectivity index (χ0) is 15.9. The van der Waals surface area contributed by atoms with Gasteiger partial charge in [-0.3, -0.25) is 4.79 Å². The topological polar surface area (TPSA) is 90.4 Å². The van der Waals surface area contributed by atoms with Crippen molar-refractivity contribution < 1.29 is 17.6 Å². The van der Waals surface area contributed by atoms with Crippen LogP contribution in [0, 0.1) is 6.92 Å². The van der Waals surface area contributed by atoms with Crippen LogP contribution in [0.2, 0.25) is 0 Å². The first-order valence-electron chi connectivity index (χ1n) is 6.51. The number of carbonyl (C=O) groups excluding carboxylic acids is 1. The number of sulfonamides is 1. The fourth-order valence-corrected chi connectivity index (χ4v) is 3.05. The molecule has 22 heavy (non-hydrogen) atoms. The van der Waals surface area contributed by atoms with Gasteiger partial charge < -0.3 is 4.42 Å². The number of furan rings is 1. The van der Waals surface area contributed by atoms with E-state index in [2.05, 4.69) is 0 Å². The molecular weight excluding hydrogens is 302 g/mol. The minimum Gasteiger partial charge on any atom is -0.463 e. The number of rotatable bonds is 3. The molecule has 0 aliphatic heterocycles. The van der Waals surface area contributed by atoms with Crippen LogP contribution in [0.1, 0.15) is 15.9 Å². The summed E-state index contributed by atoms with van der Waals surface area (Å²) < 4.78 is 28.7. The molecule has 112 valence electrons. The first-order valence-corrected chi connectivity index (χ1v) is 8.05. The summed E-state index contributed by atoms with van der Waals surface area (Å²) in [7, 11) is -3.91. The van der Waals surface area contributed by atoms with E-state index in [1.807, 2.05) is 31.2 Å². The van der Waals surface area contributed by atoms with Crippen molar-refractivity contribution in [2.24, 2.45) is 5.14 Å². The molecule has 2 aromatic carbocycles. The van der Waals surface area contributed by atoms with Crippen LogP contribution in [0.5, 0.6) is 0 Å². The summed E-state index contributed by atoms with van der Waals surface area (Å²) in [4.78, 5) is 11.1. The lowest BCUT2D eigenvalue weighted by Gasteiger charge is -2.05. The molecule has 0 saturated carbocycles. The normalized spacial score (nSPS) is 11.7. The lowest BCUT2D eigenvalue weighted by atomic mass is 9.99. The molecule has 0 atom stereocenters. The number of hydrogen-bond donors (Lipinski definition) is 1. The summed E-state index contributed by atoms with van der Waals surface area (Å²) in [5.74, 6) is 0. The van der Waals surface area contributed by atoms with Crippen molar-refractivity contribution in [1.29, 1.82) is 0 Å². The molecule has 5 nitrogen and oxygen atoms in total. The second-order valence-electron chi connectivity index (χ2n) is 5.02. The molecule has 0 fully saturated rings. The van der Waals surface area contributed by atoms with Crippen molar-refractivity contribution in [3.05, 3.63) is 53.8 Å². The molecule has 0 spiro atoms. The number of nitrogens with two attached hydrogens (primary N) is 1. The van der Waals surface area contributed by atoms with E-state index >= 15 is 0 Å². The van der Waals surface area contributed by atoms with Gasteiger partial charge in [0.2, 0.25) is 10.0 Å². The van der Waals surface area contributed by atoms with Crippen LogP contribution in [0.15, 0.2) is 52.0 Å². The summed E-state index contributed by atoms with van der Waals surface area (Å²) in [6.45, 7) is 1.94. The average Bonchev–Trinajstić information content (AvgIpc) is 2.89. The van der Waals surface area contributed by atoms with Crippen molar-refractivity contribution in [3.8, 4) is 11.1 Å². The fraction of sp³-hybridized carbons (Fsp3) is 0.0625. The van der Waals surface area contributed by atoms with Gasteiger partial charge in [0.1, 0.15) is 5.58 Å². The number of hydrogen-bond acceptors (Lipinski definition) is 4. The summed E-state index contributed by atoms with van der Waals surface area (Å²) >= 11 is 0. The highest BCUT2D eigenvalue weighted by Gasteiger charge is 2.18. The van der Waals surface area contributed by atoms with Gasteiger partial charge >= 0.3 is 0 Å². The Morgan fingerprint density at radius 3 is 2.50 bits per heavy atom. The van der Waals surface area contributed by atoms with E-state index in [0.29, 0.717) is 17.3 Å². The molecule has 0 bridgehead atoms. The van der Waals surface area contributed by atoms with Crippen molar-refractivity contribution in [2.75, 3.05) is 0 Å². The predicted molar refractivity (Wildman–Crippen MR) is 83.1 cm³/mol. The number of primary sulfonamides is 1. The van der Waals surface area contributed by atoms with E-state index in [1.165, 1.54) is 18.4 Å². The molecule has 0 saturated heterocycles. The van der Waals surface area contributed by atoms with Gasteiger partial charge in [0, 0.05) is 10.9 Å². The second kappa shape index (κ2) is 5.08. The predicted octanol–water partition coefficient (Wildman–Crippen LogP) is 2.87. The Bertz CT molecular complexity index is 987. The Balaban J connectivity index is 2.40. The molecule has 0 radical (unpaired) electrons.